The highest BCUT2D eigenvalue weighted by atomic mass is 16.5. The van der Waals surface area contributed by atoms with Crippen LogP contribution in [0.1, 0.15) is 0 Å². The van der Waals surface area contributed by atoms with E-state index in [1.54, 1.807) is 0 Å². The van der Waals surface area contributed by atoms with Gasteiger partial charge in [0.15, 0.2) is 0 Å². The van der Waals surface area contributed by atoms with E-state index < -0.39 is 6.10 Å². The monoisotopic (exact) mass is 268 g/mol. The lowest BCUT2D eigenvalue weighted by Gasteiger charge is -2.12. The molecule has 0 aromatic heterocycles. The lowest BCUT2D eigenvalue weighted by atomic mass is 10.4. The predicted molar refractivity (Wildman–Crippen MR) is 63.5 cm³/mol. The summed E-state index contributed by atoms with van der Waals surface area (Å²) in [4.78, 5) is 0. The molecule has 110 valence electrons. The smallest absolute Gasteiger partial charge is 0.101 e. The van der Waals surface area contributed by atoms with Gasteiger partial charge < -0.3 is 34.3 Å². The van der Waals surface area contributed by atoms with Crippen LogP contribution in [0.2, 0.25) is 0 Å². The molecule has 0 radical (unpaired) electrons. The van der Waals surface area contributed by atoms with Gasteiger partial charge in [0, 0.05) is 0 Å². The average molecular weight is 268 g/mol. The van der Waals surface area contributed by atoms with Crippen LogP contribution in [0, 0.1) is 0 Å². The maximum Gasteiger partial charge on any atom is 0.101 e. The van der Waals surface area contributed by atoms with Crippen molar-refractivity contribution in [2.24, 2.45) is 0 Å². The molecule has 7 nitrogen and oxygen atoms in total. The molecule has 0 aliphatic rings. The van der Waals surface area contributed by atoms with Crippen LogP contribution in [-0.2, 0) is 18.9 Å². The second kappa shape index (κ2) is 14.8. The first-order chi connectivity index (χ1) is 8.81. The van der Waals surface area contributed by atoms with Gasteiger partial charge in [-0.25, -0.2) is 0 Å². The Kier molecular flexibility index (Phi) is 14.5. The summed E-state index contributed by atoms with van der Waals surface area (Å²) in [6.45, 7) is 2.47. The fourth-order valence-corrected chi connectivity index (χ4v) is 1.06. The van der Waals surface area contributed by atoms with E-state index in [1.807, 2.05) is 0 Å². The number of hydrogen-bond acceptors (Lipinski definition) is 7. The number of aliphatic hydroxyl groups excluding tert-OH is 3. The predicted octanol–water partition coefficient (Wildman–Crippen LogP) is -1.60. The molecule has 18 heavy (non-hydrogen) atoms. The van der Waals surface area contributed by atoms with Crippen molar-refractivity contribution in [3.8, 4) is 0 Å². The molecular formula is C11H24O7. The van der Waals surface area contributed by atoms with Gasteiger partial charge in [-0.2, -0.15) is 0 Å². The zero-order chi connectivity index (χ0) is 13.5. The summed E-state index contributed by atoms with van der Waals surface area (Å²) in [6.07, 6.45) is -0.680. The van der Waals surface area contributed by atoms with Gasteiger partial charge >= 0.3 is 0 Å². The van der Waals surface area contributed by atoms with E-state index in [0.29, 0.717) is 39.6 Å². The molecule has 0 unspecified atom stereocenters. The first-order valence-electron chi connectivity index (χ1n) is 6.02. The van der Waals surface area contributed by atoms with Crippen LogP contribution >= 0.6 is 0 Å². The minimum Gasteiger partial charge on any atom is -0.394 e. The van der Waals surface area contributed by atoms with Gasteiger partial charge in [0.2, 0.25) is 0 Å². The van der Waals surface area contributed by atoms with Crippen LogP contribution in [0.25, 0.3) is 0 Å². The van der Waals surface area contributed by atoms with Gasteiger partial charge in [-0.3, -0.25) is 0 Å². The number of aliphatic hydroxyl groups is 3. The van der Waals surface area contributed by atoms with Crippen molar-refractivity contribution in [3.63, 3.8) is 0 Å². The Labute approximate surface area is 107 Å². The molecule has 7 heteroatoms. The highest BCUT2D eigenvalue weighted by Gasteiger charge is 2.04. The Hall–Kier alpha value is -0.280. The molecular weight excluding hydrogens is 244 g/mol. The summed E-state index contributed by atoms with van der Waals surface area (Å²) in [7, 11) is 0. The van der Waals surface area contributed by atoms with Crippen LogP contribution in [0.15, 0.2) is 0 Å². The summed E-state index contributed by atoms with van der Waals surface area (Å²) >= 11 is 0. The average Bonchev–Trinajstić information content (AvgIpc) is 2.38. The van der Waals surface area contributed by atoms with Crippen molar-refractivity contribution in [2.45, 2.75) is 6.10 Å². The molecule has 0 aliphatic heterocycles. The maximum absolute atomic E-state index is 9.44. The molecule has 0 spiro atoms. The van der Waals surface area contributed by atoms with E-state index in [1.165, 1.54) is 0 Å². The van der Waals surface area contributed by atoms with Gasteiger partial charge in [-0.05, 0) is 0 Å². The molecule has 0 aromatic carbocycles. The normalized spacial score (nSPS) is 11.3. The lowest BCUT2D eigenvalue weighted by Crippen LogP contribution is -2.24. The second-order valence-electron chi connectivity index (χ2n) is 3.48. The maximum atomic E-state index is 9.44. The molecule has 0 saturated heterocycles. The van der Waals surface area contributed by atoms with Crippen molar-refractivity contribution in [1.82, 2.24) is 0 Å². The number of ether oxygens (including phenoxy) is 4. The van der Waals surface area contributed by atoms with Crippen molar-refractivity contribution >= 4 is 0 Å². The van der Waals surface area contributed by atoms with Gasteiger partial charge in [0.1, 0.15) is 6.10 Å². The summed E-state index contributed by atoms with van der Waals surface area (Å²) in [5.74, 6) is 0. The first kappa shape index (κ1) is 17.7. The molecule has 0 aromatic rings. The molecule has 0 fully saturated rings. The van der Waals surface area contributed by atoms with E-state index in [2.05, 4.69) is 0 Å². The lowest BCUT2D eigenvalue weighted by molar-refractivity contribution is -0.0439. The van der Waals surface area contributed by atoms with Gasteiger partial charge in [-0.1, -0.05) is 0 Å². The van der Waals surface area contributed by atoms with Gasteiger partial charge in [0.25, 0.3) is 0 Å². The molecule has 0 amide bonds. The summed E-state index contributed by atoms with van der Waals surface area (Å²) in [6, 6.07) is 0. The van der Waals surface area contributed by atoms with E-state index >= 15 is 0 Å². The minimum atomic E-state index is -0.680. The van der Waals surface area contributed by atoms with Crippen LogP contribution in [-0.4, -0.2) is 87.5 Å². The third kappa shape index (κ3) is 13.8. The SMILES string of the molecule is OCCOCCOCC(O)COCCOCCO. The number of hydrogen-bond donors (Lipinski definition) is 3. The van der Waals surface area contributed by atoms with Gasteiger partial charge in [0.05, 0.1) is 66.1 Å². The zero-order valence-electron chi connectivity index (χ0n) is 10.6. The Morgan fingerprint density at radius 3 is 1.39 bits per heavy atom. The van der Waals surface area contributed by atoms with Crippen LogP contribution in [0.3, 0.4) is 0 Å². The van der Waals surface area contributed by atoms with E-state index in [9.17, 15) is 5.11 Å². The van der Waals surface area contributed by atoms with Crippen molar-refractivity contribution in [3.05, 3.63) is 0 Å². The van der Waals surface area contributed by atoms with Crippen molar-refractivity contribution < 1.29 is 34.3 Å². The van der Waals surface area contributed by atoms with Gasteiger partial charge in [-0.15, -0.1) is 0 Å². The number of rotatable bonds is 14. The third-order valence-electron chi connectivity index (χ3n) is 1.84. The zero-order valence-corrected chi connectivity index (χ0v) is 10.6. The molecule has 0 saturated carbocycles. The Balaban J connectivity index is 3.10. The third-order valence-corrected chi connectivity index (χ3v) is 1.84. The van der Waals surface area contributed by atoms with Crippen LogP contribution in [0.5, 0.6) is 0 Å². The van der Waals surface area contributed by atoms with Crippen molar-refractivity contribution in [1.29, 1.82) is 0 Å². The molecule has 0 aliphatic carbocycles. The summed E-state index contributed by atoms with van der Waals surface area (Å²) < 4.78 is 20.2. The molecule has 0 atom stereocenters. The molecule has 0 rings (SSSR count). The Bertz CT molecular complexity index is 140. The van der Waals surface area contributed by atoms with E-state index in [4.69, 9.17) is 29.2 Å². The Morgan fingerprint density at radius 1 is 0.611 bits per heavy atom. The molecule has 0 heterocycles. The first-order valence-corrected chi connectivity index (χ1v) is 6.02. The minimum absolute atomic E-state index is 0.00514. The highest BCUT2D eigenvalue weighted by molar-refractivity contribution is 4.51. The highest BCUT2D eigenvalue weighted by Crippen LogP contribution is 1.89. The quantitative estimate of drug-likeness (QED) is 0.326. The topological polar surface area (TPSA) is 97.6 Å². The van der Waals surface area contributed by atoms with Crippen LogP contribution in [0.4, 0.5) is 0 Å². The molecule has 0 bridgehead atoms. The van der Waals surface area contributed by atoms with Crippen molar-refractivity contribution in [2.75, 3.05) is 66.1 Å². The summed E-state index contributed by atoms with van der Waals surface area (Å²) in [5, 5.41) is 26.3. The Morgan fingerprint density at radius 2 is 1.00 bits per heavy atom. The van der Waals surface area contributed by atoms with E-state index in [0.717, 1.165) is 0 Å². The second-order valence-corrected chi connectivity index (χ2v) is 3.48. The standard InChI is InChI=1S/C11H24O7/c12-1-3-15-5-7-17-9-11(14)10-18-8-6-16-4-2-13/h11-14H,1-10H2. The molecule has 3 N–H and O–H groups in total. The van der Waals surface area contributed by atoms with E-state index in [-0.39, 0.29) is 26.4 Å². The summed E-state index contributed by atoms with van der Waals surface area (Å²) in [5.41, 5.74) is 0. The largest absolute Gasteiger partial charge is 0.394 e. The van der Waals surface area contributed by atoms with Crippen LogP contribution < -0.4 is 0 Å². The fourth-order valence-electron chi connectivity index (χ4n) is 1.06. The fraction of sp³-hybridized carbons (Fsp3) is 1.00.